The van der Waals surface area contributed by atoms with Crippen molar-refractivity contribution in [2.24, 2.45) is 0 Å². The van der Waals surface area contributed by atoms with Gasteiger partial charge in [0.05, 0.1) is 16.3 Å². The molecule has 2 aromatic carbocycles. The Bertz CT molecular complexity index is 758. The number of rotatable bonds is 3. The Morgan fingerprint density at radius 2 is 1.85 bits per heavy atom. The third-order valence-electron chi connectivity index (χ3n) is 2.92. The summed E-state index contributed by atoms with van der Waals surface area (Å²) in [6, 6.07) is 9.02. The molecule has 0 bridgehead atoms. The lowest BCUT2D eigenvalue weighted by Gasteiger charge is -2.13. The van der Waals surface area contributed by atoms with E-state index in [-0.39, 0.29) is 16.4 Å². The van der Waals surface area contributed by atoms with Gasteiger partial charge in [0.1, 0.15) is 5.82 Å². The summed E-state index contributed by atoms with van der Waals surface area (Å²) in [4.78, 5) is 0.0715. The Kier molecular flexibility index (Phi) is 3.67. The normalized spacial score (nSPS) is 11.3. The molecule has 0 aliphatic carbocycles. The number of nitrogens with two attached hydrogens (primary N) is 1. The molecule has 6 heteroatoms. The number of halogens is 1. The molecular weight excluding hydrogens is 279 g/mol. The fraction of sp³-hybridized carbons (Fsp3) is 0.143. The largest absolute Gasteiger partial charge is 0.396 e. The molecule has 2 aromatic rings. The van der Waals surface area contributed by atoms with Crippen molar-refractivity contribution >= 4 is 26.9 Å². The van der Waals surface area contributed by atoms with Gasteiger partial charge in [-0.05, 0) is 42.8 Å². The lowest BCUT2D eigenvalue weighted by molar-refractivity contribution is 0.602. The van der Waals surface area contributed by atoms with Crippen molar-refractivity contribution in [1.82, 2.24) is 0 Å². The molecule has 0 heterocycles. The van der Waals surface area contributed by atoms with Gasteiger partial charge >= 0.3 is 0 Å². The molecule has 3 N–H and O–H groups in total. The van der Waals surface area contributed by atoms with E-state index in [9.17, 15) is 12.8 Å². The summed E-state index contributed by atoms with van der Waals surface area (Å²) < 4.78 is 36.3. The number of nitrogen functional groups attached to an aromatic ring is 1. The molecule has 0 saturated carbocycles. The standard InChI is InChI=1S/C14H15FN2O2S/c1-9-8-10(15)6-7-11(9)17-12-4-3-5-13(14(12)16)20(2,18)19/h3-8,17H,16H2,1-2H3. The van der Waals surface area contributed by atoms with Crippen LogP contribution in [0.2, 0.25) is 0 Å². The van der Waals surface area contributed by atoms with E-state index >= 15 is 0 Å². The lowest BCUT2D eigenvalue weighted by atomic mass is 10.2. The SMILES string of the molecule is Cc1cc(F)ccc1Nc1cccc(S(C)(=O)=O)c1N. The fourth-order valence-corrected chi connectivity index (χ4v) is 2.72. The summed E-state index contributed by atoms with van der Waals surface area (Å²) in [5.41, 5.74) is 7.88. The number of hydrogen-bond acceptors (Lipinski definition) is 4. The number of para-hydroxylation sites is 1. The summed E-state index contributed by atoms with van der Waals surface area (Å²) in [5, 5.41) is 3.02. The third kappa shape index (κ3) is 2.91. The van der Waals surface area contributed by atoms with Crippen LogP contribution in [0.1, 0.15) is 5.56 Å². The molecule has 106 valence electrons. The zero-order valence-electron chi connectivity index (χ0n) is 11.1. The molecule has 0 amide bonds. The second-order valence-electron chi connectivity index (χ2n) is 4.57. The molecule has 0 radical (unpaired) electrons. The van der Waals surface area contributed by atoms with Crippen LogP contribution in [0.25, 0.3) is 0 Å². The number of hydrogen-bond donors (Lipinski definition) is 2. The highest BCUT2D eigenvalue weighted by molar-refractivity contribution is 7.90. The summed E-state index contributed by atoms with van der Waals surface area (Å²) in [6.07, 6.45) is 1.10. The first-order chi connectivity index (χ1) is 9.29. The van der Waals surface area contributed by atoms with Gasteiger partial charge in [0.2, 0.25) is 0 Å². The molecular formula is C14H15FN2O2S. The monoisotopic (exact) mass is 294 g/mol. The Morgan fingerprint density at radius 3 is 2.45 bits per heavy atom. The van der Waals surface area contributed by atoms with Crippen molar-refractivity contribution in [1.29, 1.82) is 0 Å². The van der Waals surface area contributed by atoms with E-state index in [2.05, 4.69) is 5.32 Å². The fourth-order valence-electron chi connectivity index (χ4n) is 1.89. The molecule has 0 unspecified atom stereocenters. The third-order valence-corrected chi connectivity index (χ3v) is 4.08. The van der Waals surface area contributed by atoms with E-state index in [0.29, 0.717) is 16.9 Å². The molecule has 0 aliphatic rings. The minimum atomic E-state index is -3.39. The highest BCUT2D eigenvalue weighted by Gasteiger charge is 2.14. The molecule has 0 fully saturated rings. The molecule has 0 saturated heterocycles. The zero-order chi connectivity index (χ0) is 14.9. The van der Waals surface area contributed by atoms with Gasteiger partial charge in [-0.25, -0.2) is 12.8 Å². The van der Waals surface area contributed by atoms with Gasteiger partial charge < -0.3 is 11.1 Å². The molecule has 4 nitrogen and oxygen atoms in total. The molecule has 0 atom stereocenters. The van der Waals surface area contributed by atoms with E-state index in [1.807, 2.05) is 0 Å². The topological polar surface area (TPSA) is 72.2 Å². The highest BCUT2D eigenvalue weighted by atomic mass is 32.2. The van der Waals surface area contributed by atoms with Crippen LogP contribution in [-0.2, 0) is 9.84 Å². The van der Waals surface area contributed by atoms with Crippen LogP contribution >= 0.6 is 0 Å². The van der Waals surface area contributed by atoms with E-state index < -0.39 is 9.84 Å². The smallest absolute Gasteiger partial charge is 0.177 e. The predicted octanol–water partition coefficient (Wildman–Crippen LogP) is 2.86. The highest BCUT2D eigenvalue weighted by Crippen LogP contribution is 2.30. The quantitative estimate of drug-likeness (QED) is 0.854. The number of aryl methyl sites for hydroxylation is 1. The summed E-state index contributed by atoms with van der Waals surface area (Å²) in [7, 11) is -3.39. The maximum atomic E-state index is 13.1. The maximum absolute atomic E-state index is 13.1. The first kappa shape index (κ1) is 14.3. The molecule has 0 spiro atoms. The van der Waals surface area contributed by atoms with Crippen LogP contribution in [0, 0.1) is 12.7 Å². The van der Waals surface area contributed by atoms with Gasteiger partial charge in [-0.2, -0.15) is 0 Å². The van der Waals surface area contributed by atoms with Crippen LogP contribution in [-0.4, -0.2) is 14.7 Å². The van der Waals surface area contributed by atoms with Crippen LogP contribution in [0.5, 0.6) is 0 Å². The van der Waals surface area contributed by atoms with Crippen molar-refractivity contribution in [3.8, 4) is 0 Å². The van der Waals surface area contributed by atoms with Crippen LogP contribution < -0.4 is 11.1 Å². The minimum Gasteiger partial charge on any atom is -0.396 e. The average molecular weight is 294 g/mol. The Balaban J connectivity index is 2.45. The number of benzene rings is 2. The molecule has 20 heavy (non-hydrogen) atoms. The molecule has 0 aromatic heterocycles. The minimum absolute atomic E-state index is 0.0715. The molecule has 2 rings (SSSR count). The first-order valence-electron chi connectivity index (χ1n) is 5.91. The summed E-state index contributed by atoms with van der Waals surface area (Å²) in [5.74, 6) is -0.328. The van der Waals surface area contributed by atoms with Crippen LogP contribution in [0.15, 0.2) is 41.3 Å². The van der Waals surface area contributed by atoms with E-state index in [1.165, 1.54) is 18.2 Å². The summed E-state index contributed by atoms with van der Waals surface area (Å²) in [6.45, 7) is 1.75. The van der Waals surface area contributed by atoms with E-state index in [0.717, 1.165) is 6.26 Å². The lowest BCUT2D eigenvalue weighted by Crippen LogP contribution is -2.05. The van der Waals surface area contributed by atoms with Crippen LogP contribution in [0.4, 0.5) is 21.5 Å². The van der Waals surface area contributed by atoms with Gasteiger partial charge in [-0.15, -0.1) is 0 Å². The van der Waals surface area contributed by atoms with Crippen LogP contribution in [0.3, 0.4) is 0 Å². The van der Waals surface area contributed by atoms with Crippen molar-refractivity contribution in [2.75, 3.05) is 17.3 Å². The van der Waals surface area contributed by atoms with Crippen molar-refractivity contribution in [3.05, 3.63) is 47.8 Å². The van der Waals surface area contributed by atoms with E-state index in [4.69, 9.17) is 5.73 Å². The molecule has 0 aliphatic heterocycles. The van der Waals surface area contributed by atoms with Gasteiger partial charge in [-0.1, -0.05) is 6.07 Å². The van der Waals surface area contributed by atoms with Crippen molar-refractivity contribution < 1.29 is 12.8 Å². The van der Waals surface area contributed by atoms with Gasteiger partial charge in [0.15, 0.2) is 9.84 Å². The Labute approximate surface area is 117 Å². The Hall–Kier alpha value is -2.08. The zero-order valence-corrected chi connectivity index (χ0v) is 12.0. The van der Waals surface area contributed by atoms with E-state index in [1.54, 1.807) is 25.1 Å². The first-order valence-corrected chi connectivity index (χ1v) is 7.80. The van der Waals surface area contributed by atoms with Gasteiger partial charge in [0, 0.05) is 11.9 Å². The second kappa shape index (κ2) is 5.13. The van der Waals surface area contributed by atoms with Gasteiger partial charge in [-0.3, -0.25) is 0 Å². The second-order valence-corrected chi connectivity index (χ2v) is 6.56. The van der Waals surface area contributed by atoms with Crippen molar-refractivity contribution in [3.63, 3.8) is 0 Å². The average Bonchev–Trinajstić information content (AvgIpc) is 2.33. The number of nitrogens with one attached hydrogen (secondary N) is 1. The van der Waals surface area contributed by atoms with Gasteiger partial charge in [0.25, 0.3) is 0 Å². The van der Waals surface area contributed by atoms with Crippen molar-refractivity contribution in [2.45, 2.75) is 11.8 Å². The maximum Gasteiger partial charge on any atom is 0.177 e. The number of sulfone groups is 1. The predicted molar refractivity (Wildman–Crippen MR) is 78.4 cm³/mol. The summed E-state index contributed by atoms with van der Waals surface area (Å²) >= 11 is 0. The number of anilines is 3. The Morgan fingerprint density at radius 1 is 1.15 bits per heavy atom.